The molecule has 0 unspecified atom stereocenters. The Bertz CT molecular complexity index is 870. The lowest BCUT2D eigenvalue weighted by atomic mass is 10.2. The van der Waals surface area contributed by atoms with Crippen molar-refractivity contribution in [2.45, 2.75) is 19.8 Å². The van der Waals surface area contributed by atoms with Crippen LogP contribution >= 0.6 is 23.8 Å². The summed E-state index contributed by atoms with van der Waals surface area (Å²) in [6.45, 7) is 5.55. The molecule has 1 amide bonds. The number of ether oxygens (including phenoxy) is 2. The second-order valence-corrected chi connectivity index (χ2v) is 7.69. The van der Waals surface area contributed by atoms with Gasteiger partial charge in [0.15, 0.2) is 5.11 Å². The average Bonchev–Trinajstić information content (AvgIpc) is 2.75. The maximum Gasteiger partial charge on any atom is 0.257 e. The first kappa shape index (κ1) is 22.3. The lowest BCUT2D eigenvalue weighted by molar-refractivity contribution is 0.0977. The zero-order valence-corrected chi connectivity index (χ0v) is 18.5. The molecule has 0 atom stereocenters. The van der Waals surface area contributed by atoms with Crippen molar-refractivity contribution in [2.24, 2.45) is 0 Å². The number of thiocarbonyl (C=S) groups is 1. The molecule has 2 aromatic rings. The first-order valence-electron chi connectivity index (χ1n) is 10.0. The smallest absolute Gasteiger partial charge is 0.257 e. The number of morpholine rings is 1. The Labute approximate surface area is 187 Å². The maximum absolute atomic E-state index is 12.5. The van der Waals surface area contributed by atoms with Crippen LogP contribution in [0.4, 0.5) is 11.4 Å². The van der Waals surface area contributed by atoms with Gasteiger partial charge in [-0.05, 0) is 55.0 Å². The molecule has 1 aliphatic rings. The van der Waals surface area contributed by atoms with Gasteiger partial charge >= 0.3 is 0 Å². The largest absolute Gasteiger partial charge is 0.494 e. The van der Waals surface area contributed by atoms with E-state index in [0.29, 0.717) is 30.4 Å². The van der Waals surface area contributed by atoms with Gasteiger partial charge in [0.25, 0.3) is 5.91 Å². The van der Waals surface area contributed by atoms with E-state index in [2.05, 4.69) is 22.5 Å². The number of carbonyl (C=O) groups is 1. The Morgan fingerprint density at radius 2 is 1.93 bits per heavy atom. The van der Waals surface area contributed by atoms with Crippen LogP contribution in [0.2, 0.25) is 5.02 Å². The minimum Gasteiger partial charge on any atom is -0.494 e. The average molecular weight is 448 g/mol. The molecule has 0 spiro atoms. The lowest BCUT2D eigenvalue weighted by Crippen LogP contribution is -2.38. The number of carbonyl (C=O) groups excluding carboxylic acids is 1. The van der Waals surface area contributed by atoms with E-state index in [9.17, 15) is 4.79 Å². The summed E-state index contributed by atoms with van der Waals surface area (Å²) in [4.78, 5) is 14.7. The fourth-order valence-electron chi connectivity index (χ4n) is 3.09. The topological polar surface area (TPSA) is 62.8 Å². The van der Waals surface area contributed by atoms with E-state index in [4.69, 9.17) is 33.3 Å². The zero-order valence-electron chi connectivity index (χ0n) is 16.9. The number of nitrogens with one attached hydrogen (secondary N) is 2. The van der Waals surface area contributed by atoms with Gasteiger partial charge in [-0.3, -0.25) is 10.1 Å². The van der Waals surface area contributed by atoms with Crippen molar-refractivity contribution in [3.05, 3.63) is 53.1 Å². The van der Waals surface area contributed by atoms with Gasteiger partial charge in [0.2, 0.25) is 0 Å². The van der Waals surface area contributed by atoms with Crippen LogP contribution in [-0.2, 0) is 4.74 Å². The molecule has 6 nitrogen and oxygen atoms in total. The number of para-hydroxylation sites is 1. The minimum atomic E-state index is -0.289. The Hall–Kier alpha value is -2.35. The SMILES string of the molecule is CCCCOc1ccc(C(=O)NC(=S)Nc2cccc(Cl)c2N2CCOCC2)cc1. The van der Waals surface area contributed by atoms with Gasteiger partial charge < -0.3 is 19.7 Å². The minimum absolute atomic E-state index is 0.208. The number of nitrogens with zero attached hydrogens (tertiary/aromatic N) is 1. The van der Waals surface area contributed by atoms with E-state index in [0.717, 1.165) is 43.1 Å². The van der Waals surface area contributed by atoms with Gasteiger partial charge in [0, 0.05) is 18.7 Å². The predicted molar refractivity (Wildman–Crippen MR) is 125 cm³/mol. The van der Waals surface area contributed by atoms with Gasteiger partial charge in [-0.25, -0.2) is 0 Å². The van der Waals surface area contributed by atoms with Crippen LogP contribution in [0.15, 0.2) is 42.5 Å². The Kier molecular flexibility index (Phi) is 8.30. The standard InChI is InChI=1S/C22H26ClN3O3S/c1-2-3-13-29-17-9-7-16(8-10-17)21(27)25-22(30)24-19-6-4-5-18(23)20(19)26-11-14-28-15-12-26/h4-10H,2-3,11-15H2,1H3,(H2,24,25,27,30). The highest BCUT2D eigenvalue weighted by Gasteiger charge is 2.19. The van der Waals surface area contributed by atoms with E-state index >= 15 is 0 Å². The van der Waals surface area contributed by atoms with Gasteiger partial charge in [0.05, 0.1) is 36.2 Å². The van der Waals surface area contributed by atoms with Crippen LogP contribution in [0.3, 0.4) is 0 Å². The molecular weight excluding hydrogens is 422 g/mol. The molecule has 2 N–H and O–H groups in total. The second-order valence-electron chi connectivity index (χ2n) is 6.87. The fraction of sp³-hybridized carbons (Fsp3) is 0.364. The number of amides is 1. The summed E-state index contributed by atoms with van der Waals surface area (Å²) in [6.07, 6.45) is 2.07. The zero-order chi connectivity index (χ0) is 21.3. The number of unbranched alkanes of at least 4 members (excludes halogenated alkanes) is 1. The highest BCUT2D eigenvalue weighted by atomic mass is 35.5. The lowest BCUT2D eigenvalue weighted by Gasteiger charge is -2.31. The first-order valence-corrected chi connectivity index (χ1v) is 10.8. The Morgan fingerprint density at radius 3 is 2.63 bits per heavy atom. The second kappa shape index (κ2) is 11.2. The molecule has 0 aliphatic carbocycles. The summed E-state index contributed by atoms with van der Waals surface area (Å²) in [6, 6.07) is 12.6. The summed E-state index contributed by atoms with van der Waals surface area (Å²) >= 11 is 11.8. The number of rotatable bonds is 7. The van der Waals surface area contributed by atoms with E-state index in [1.165, 1.54) is 0 Å². The van der Waals surface area contributed by atoms with Crippen LogP contribution in [0.25, 0.3) is 0 Å². The first-order chi connectivity index (χ1) is 14.6. The number of hydrogen-bond donors (Lipinski definition) is 2. The third-order valence-electron chi connectivity index (χ3n) is 4.67. The highest BCUT2D eigenvalue weighted by Crippen LogP contribution is 2.34. The molecule has 2 aromatic carbocycles. The van der Waals surface area contributed by atoms with E-state index in [1.54, 1.807) is 24.3 Å². The third-order valence-corrected chi connectivity index (χ3v) is 5.18. The van der Waals surface area contributed by atoms with E-state index < -0.39 is 0 Å². The van der Waals surface area contributed by atoms with Gasteiger partial charge in [0.1, 0.15) is 5.75 Å². The molecule has 1 aliphatic heterocycles. The van der Waals surface area contributed by atoms with Crippen LogP contribution in [0.5, 0.6) is 5.75 Å². The van der Waals surface area contributed by atoms with Crippen molar-refractivity contribution in [1.82, 2.24) is 5.32 Å². The maximum atomic E-state index is 12.5. The molecule has 1 fully saturated rings. The monoisotopic (exact) mass is 447 g/mol. The molecule has 160 valence electrons. The van der Waals surface area contributed by atoms with Crippen LogP contribution in [0.1, 0.15) is 30.1 Å². The normalized spacial score (nSPS) is 13.6. The van der Waals surface area contributed by atoms with Gasteiger partial charge in [-0.1, -0.05) is 31.0 Å². The van der Waals surface area contributed by atoms with Crippen molar-refractivity contribution >= 4 is 46.2 Å². The number of anilines is 2. The summed E-state index contributed by atoms with van der Waals surface area (Å²) in [5.74, 6) is 0.456. The molecule has 0 aromatic heterocycles. The van der Waals surface area contributed by atoms with Crippen LogP contribution in [0, 0.1) is 0 Å². The Morgan fingerprint density at radius 1 is 1.20 bits per heavy atom. The molecular formula is C22H26ClN3O3S. The Balaban J connectivity index is 1.61. The quantitative estimate of drug-likeness (QED) is 0.482. The third kappa shape index (κ3) is 6.08. The molecule has 0 bridgehead atoms. The highest BCUT2D eigenvalue weighted by molar-refractivity contribution is 7.80. The van der Waals surface area contributed by atoms with E-state index in [1.807, 2.05) is 18.2 Å². The number of halogens is 1. The van der Waals surface area contributed by atoms with Crippen molar-refractivity contribution in [3.63, 3.8) is 0 Å². The molecule has 3 rings (SSSR count). The molecule has 0 radical (unpaired) electrons. The van der Waals surface area contributed by atoms with Gasteiger partial charge in [-0.15, -0.1) is 0 Å². The fourth-order valence-corrected chi connectivity index (χ4v) is 3.59. The van der Waals surface area contributed by atoms with Gasteiger partial charge in [-0.2, -0.15) is 0 Å². The summed E-state index contributed by atoms with van der Waals surface area (Å²) in [5.41, 5.74) is 2.10. The molecule has 30 heavy (non-hydrogen) atoms. The predicted octanol–water partition coefficient (Wildman–Crippen LogP) is 4.48. The summed E-state index contributed by atoms with van der Waals surface area (Å²) < 4.78 is 11.0. The van der Waals surface area contributed by atoms with Crippen molar-refractivity contribution in [3.8, 4) is 5.75 Å². The molecule has 8 heteroatoms. The number of benzene rings is 2. The van der Waals surface area contributed by atoms with Crippen LogP contribution in [-0.4, -0.2) is 43.9 Å². The summed E-state index contributed by atoms with van der Waals surface area (Å²) in [5, 5.41) is 6.65. The van der Waals surface area contributed by atoms with Crippen molar-refractivity contribution < 1.29 is 14.3 Å². The molecule has 1 saturated heterocycles. The van der Waals surface area contributed by atoms with Crippen molar-refractivity contribution in [1.29, 1.82) is 0 Å². The molecule has 0 saturated carbocycles. The molecule has 1 heterocycles. The van der Waals surface area contributed by atoms with Crippen LogP contribution < -0.4 is 20.3 Å². The number of hydrogen-bond acceptors (Lipinski definition) is 5. The van der Waals surface area contributed by atoms with Crippen molar-refractivity contribution in [2.75, 3.05) is 43.1 Å². The van der Waals surface area contributed by atoms with E-state index in [-0.39, 0.29) is 11.0 Å². The summed E-state index contributed by atoms with van der Waals surface area (Å²) in [7, 11) is 0.